The van der Waals surface area contributed by atoms with E-state index >= 15 is 0 Å². The predicted octanol–water partition coefficient (Wildman–Crippen LogP) is 3.18. The molecule has 3 nitrogen and oxygen atoms in total. The van der Waals surface area contributed by atoms with Crippen molar-refractivity contribution in [3.8, 4) is 0 Å². The molecule has 3 heteroatoms. The van der Waals surface area contributed by atoms with Gasteiger partial charge in [-0.05, 0) is 26.7 Å². The molecule has 0 radical (unpaired) electrons. The van der Waals surface area contributed by atoms with Crippen molar-refractivity contribution in [1.29, 1.82) is 0 Å². The molecule has 0 saturated carbocycles. The van der Waals surface area contributed by atoms with Crippen LogP contribution in [0.3, 0.4) is 0 Å². The molecule has 0 aromatic carbocycles. The number of nitrogens with zero attached hydrogens (tertiary/aromatic N) is 1. The van der Waals surface area contributed by atoms with Crippen molar-refractivity contribution in [2.24, 2.45) is 11.1 Å². The van der Waals surface area contributed by atoms with Crippen LogP contribution in [0, 0.1) is 5.41 Å². The fraction of sp³-hybridized carbons (Fsp3) is 0.933. The van der Waals surface area contributed by atoms with Crippen molar-refractivity contribution in [3.63, 3.8) is 0 Å². The second-order valence-electron chi connectivity index (χ2n) is 5.79. The van der Waals surface area contributed by atoms with E-state index in [1.165, 1.54) is 25.7 Å². The first kappa shape index (κ1) is 17.4. The highest BCUT2D eigenvalue weighted by Crippen LogP contribution is 2.18. The molecule has 2 N–H and O–H groups in total. The van der Waals surface area contributed by atoms with Gasteiger partial charge >= 0.3 is 0 Å². The van der Waals surface area contributed by atoms with Crippen LogP contribution in [0.4, 0.5) is 0 Å². The van der Waals surface area contributed by atoms with E-state index in [2.05, 4.69) is 13.8 Å². The highest BCUT2D eigenvalue weighted by Gasteiger charge is 2.29. The number of carbonyl (C=O) groups is 1. The molecule has 0 aromatic rings. The molecule has 0 saturated heterocycles. The summed E-state index contributed by atoms with van der Waals surface area (Å²) in [4.78, 5) is 14.5. The van der Waals surface area contributed by atoms with Crippen LogP contribution >= 0.6 is 0 Å². The van der Waals surface area contributed by atoms with Crippen molar-refractivity contribution < 1.29 is 4.79 Å². The summed E-state index contributed by atoms with van der Waals surface area (Å²) in [6, 6.07) is 0. The van der Waals surface area contributed by atoms with E-state index in [0.29, 0.717) is 6.54 Å². The topological polar surface area (TPSA) is 46.3 Å². The van der Waals surface area contributed by atoms with E-state index < -0.39 is 5.41 Å². The molecule has 0 heterocycles. The molecule has 0 atom stereocenters. The number of hydrogen-bond donors (Lipinski definition) is 1. The Hall–Kier alpha value is -0.570. The lowest BCUT2D eigenvalue weighted by molar-refractivity contribution is -0.140. The van der Waals surface area contributed by atoms with Crippen LogP contribution in [0.1, 0.15) is 66.2 Å². The number of carbonyl (C=O) groups excluding carboxylic acids is 1. The molecule has 0 aromatic heterocycles. The van der Waals surface area contributed by atoms with Gasteiger partial charge in [-0.3, -0.25) is 4.79 Å². The Morgan fingerprint density at radius 2 is 1.44 bits per heavy atom. The lowest BCUT2D eigenvalue weighted by atomic mass is 9.91. The molecule has 0 spiro atoms. The summed E-state index contributed by atoms with van der Waals surface area (Å²) in [6.45, 7) is 10.5. The van der Waals surface area contributed by atoms with Crippen molar-refractivity contribution in [2.45, 2.75) is 66.2 Å². The Balaban J connectivity index is 4.38. The smallest absolute Gasteiger partial charge is 0.229 e. The Kier molecular flexibility index (Phi) is 9.08. The maximum Gasteiger partial charge on any atom is 0.229 e. The fourth-order valence-electron chi connectivity index (χ4n) is 1.94. The molecule has 0 aliphatic rings. The van der Waals surface area contributed by atoms with Crippen LogP contribution in [0.5, 0.6) is 0 Å². The van der Waals surface area contributed by atoms with Crippen LogP contribution in [0.2, 0.25) is 0 Å². The highest BCUT2D eigenvalue weighted by molar-refractivity contribution is 5.82. The molecule has 0 aliphatic carbocycles. The summed E-state index contributed by atoms with van der Waals surface area (Å²) in [5.41, 5.74) is 5.29. The van der Waals surface area contributed by atoms with E-state index in [9.17, 15) is 4.79 Å². The van der Waals surface area contributed by atoms with E-state index in [4.69, 9.17) is 5.73 Å². The highest BCUT2D eigenvalue weighted by atomic mass is 16.2. The number of unbranched alkanes of at least 4 members (excludes halogenated alkanes) is 4. The van der Waals surface area contributed by atoms with E-state index in [1.54, 1.807) is 0 Å². The van der Waals surface area contributed by atoms with Crippen LogP contribution < -0.4 is 5.73 Å². The standard InChI is InChI=1S/C15H32N2O/c1-5-7-9-11-17(12-10-8-6-2)14(18)15(3,4)13-16/h5-13,16H2,1-4H3. The Bertz CT molecular complexity index is 217. The summed E-state index contributed by atoms with van der Waals surface area (Å²) >= 11 is 0. The van der Waals surface area contributed by atoms with Crippen LogP contribution in [0.15, 0.2) is 0 Å². The lowest BCUT2D eigenvalue weighted by Gasteiger charge is -2.31. The minimum Gasteiger partial charge on any atom is -0.342 e. The van der Waals surface area contributed by atoms with Gasteiger partial charge in [-0.15, -0.1) is 0 Å². The zero-order valence-electron chi connectivity index (χ0n) is 12.8. The predicted molar refractivity (Wildman–Crippen MR) is 78.5 cm³/mol. The second kappa shape index (κ2) is 9.37. The third-order valence-electron chi connectivity index (χ3n) is 3.44. The van der Waals surface area contributed by atoms with Gasteiger partial charge in [-0.1, -0.05) is 39.5 Å². The number of hydrogen-bond acceptors (Lipinski definition) is 2. The van der Waals surface area contributed by atoms with Crippen LogP contribution in [-0.2, 0) is 4.79 Å². The number of amides is 1. The summed E-state index contributed by atoms with van der Waals surface area (Å²) < 4.78 is 0. The average molecular weight is 256 g/mol. The largest absolute Gasteiger partial charge is 0.342 e. The molecule has 0 fully saturated rings. The second-order valence-corrected chi connectivity index (χ2v) is 5.79. The van der Waals surface area contributed by atoms with Gasteiger partial charge in [0, 0.05) is 19.6 Å². The van der Waals surface area contributed by atoms with Crippen molar-refractivity contribution >= 4 is 5.91 Å². The molecule has 1 amide bonds. The molecule has 0 rings (SSSR count). The molecule has 0 aliphatic heterocycles. The molecule has 0 bridgehead atoms. The summed E-state index contributed by atoms with van der Waals surface area (Å²) in [6.07, 6.45) is 6.99. The normalized spacial score (nSPS) is 11.6. The first-order valence-corrected chi connectivity index (χ1v) is 7.49. The SMILES string of the molecule is CCCCCN(CCCCC)C(=O)C(C)(C)CN. The van der Waals surface area contributed by atoms with Gasteiger partial charge in [0.2, 0.25) is 5.91 Å². The first-order valence-electron chi connectivity index (χ1n) is 7.49. The molecule has 18 heavy (non-hydrogen) atoms. The van der Waals surface area contributed by atoms with Crippen molar-refractivity contribution in [2.75, 3.05) is 19.6 Å². The Morgan fingerprint density at radius 1 is 1.00 bits per heavy atom. The van der Waals surface area contributed by atoms with Gasteiger partial charge in [0.1, 0.15) is 0 Å². The maximum absolute atomic E-state index is 12.4. The third kappa shape index (κ3) is 6.39. The van der Waals surface area contributed by atoms with Crippen LogP contribution in [0.25, 0.3) is 0 Å². The first-order chi connectivity index (χ1) is 8.49. The van der Waals surface area contributed by atoms with Crippen molar-refractivity contribution in [1.82, 2.24) is 4.90 Å². The van der Waals surface area contributed by atoms with Gasteiger partial charge in [0.15, 0.2) is 0 Å². The van der Waals surface area contributed by atoms with E-state index in [0.717, 1.165) is 25.9 Å². The summed E-state index contributed by atoms with van der Waals surface area (Å²) in [5.74, 6) is 0.220. The molecular weight excluding hydrogens is 224 g/mol. The molecule has 0 unspecified atom stereocenters. The summed E-state index contributed by atoms with van der Waals surface area (Å²) in [5, 5.41) is 0. The van der Waals surface area contributed by atoms with Gasteiger partial charge in [0.25, 0.3) is 0 Å². The number of nitrogens with two attached hydrogens (primary N) is 1. The molecule has 108 valence electrons. The third-order valence-corrected chi connectivity index (χ3v) is 3.44. The Labute approximate surface area is 113 Å². The number of rotatable bonds is 10. The maximum atomic E-state index is 12.4. The summed E-state index contributed by atoms with van der Waals surface area (Å²) in [7, 11) is 0. The van der Waals surface area contributed by atoms with Gasteiger partial charge in [0.05, 0.1) is 5.41 Å². The van der Waals surface area contributed by atoms with E-state index in [1.807, 2.05) is 18.7 Å². The lowest BCUT2D eigenvalue weighted by Crippen LogP contribution is -2.45. The van der Waals surface area contributed by atoms with E-state index in [-0.39, 0.29) is 5.91 Å². The van der Waals surface area contributed by atoms with Crippen LogP contribution in [-0.4, -0.2) is 30.4 Å². The monoisotopic (exact) mass is 256 g/mol. The zero-order chi connectivity index (χ0) is 14.0. The minimum atomic E-state index is -0.418. The van der Waals surface area contributed by atoms with Gasteiger partial charge in [-0.2, -0.15) is 0 Å². The van der Waals surface area contributed by atoms with Crippen molar-refractivity contribution in [3.05, 3.63) is 0 Å². The quantitative estimate of drug-likeness (QED) is 0.610. The Morgan fingerprint density at radius 3 is 1.78 bits per heavy atom. The fourth-order valence-corrected chi connectivity index (χ4v) is 1.94. The molecular formula is C15H32N2O. The van der Waals surface area contributed by atoms with Gasteiger partial charge in [-0.25, -0.2) is 0 Å². The zero-order valence-corrected chi connectivity index (χ0v) is 12.8. The minimum absolute atomic E-state index is 0.220. The average Bonchev–Trinajstić information content (AvgIpc) is 2.36. The van der Waals surface area contributed by atoms with Gasteiger partial charge < -0.3 is 10.6 Å².